The van der Waals surface area contributed by atoms with Gasteiger partial charge in [-0.2, -0.15) is 0 Å². The number of benzene rings is 1. The standard InChI is InChI=1S/C14H18F2N2O/c1-18(9-10-4-3-7-17-10)14(19)8-11-12(15)5-2-6-13(11)16/h2,5-6,10,17H,3-4,7-9H2,1H3. The molecule has 1 aliphatic heterocycles. The lowest BCUT2D eigenvalue weighted by Crippen LogP contribution is -2.39. The third-order valence-corrected chi connectivity index (χ3v) is 3.47. The maximum atomic E-state index is 13.5. The van der Waals surface area contributed by atoms with E-state index in [1.165, 1.54) is 23.1 Å². The smallest absolute Gasteiger partial charge is 0.227 e. The van der Waals surface area contributed by atoms with Crippen LogP contribution in [0.2, 0.25) is 0 Å². The quantitative estimate of drug-likeness (QED) is 0.901. The second-order valence-corrected chi connectivity index (χ2v) is 4.94. The summed E-state index contributed by atoms with van der Waals surface area (Å²) in [6.07, 6.45) is 1.90. The topological polar surface area (TPSA) is 32.3 Å². The molecule has 1 aliphatic rings. The number of hydrogen-bond donors (Lipinski definition) is 1. The highest BCUT2D eigenvalue weighted by molar-refractivity contribution is 5.78. The summed E-state index contributed by atoms with van der Waals surface area (Å²) in [6, 6.07) is 3.93. The molecule has 0 aliphatic carbocycles. The first kappa shape index (κ1) is 13.9. The first-order chi connectivity index (χ1) is 9.08. The Bertz CT molecular complexity index is 439. The molecule has 1 heterocycles. The molecule has 3 nitrogen and oxygen atoms in total. The zero-order chi connectivity index (χ0) is 13.8. The normalized spacial score (nSPS) is 18.6. The molecule has 0 spiro atoms. The number of halogens is 2. The van der Waals surface area contributed by atoms with Crippen molar-refractivity contribution in [1.82, 2.24) is 10.2 Å². The van der Waals surface area contributed by atoms with Crippen molar-refractivity contribution in [3.63, 3.8) is 0 Å². The molecule has 0 saturated carbocycles. The summed E-state index contributed by atoms with van der Waals surface area (Å²) in [7, 11) is 1.67. The van der Waals surface area contributed by atoms with Crippen LogP contribution in [-0.2, 0) is 11.2 Å². The highest BCUT2D eigenvalue weighted by atomic mass is 19.1. The van der Waals surface area contributed by atoms with Crippen molar-refractivity contribution in [2.45, 2.75) is 25.3 Å². The number of nitrogens with one attached hydrogen (secondary N) is 1. The fourth-order valence-electron chi connectivity index (χ4n) is 2.33. The van der Waals surface area contributed by atoms with Gasteiger partial charge in [0.05, 0.1) is 6.42 Å². The van der Waals surface area contributed by atoms with Gasteiger partial charge in [-0.1, -0.05) is 6.07 Å². The van der Waals surface area contributed by atoms with E-state index in [1.807, 2.05) is 0 Å². The van der Waals surface area contributed by atoms with Gasteiger partial charge < -0.3 is 10.2 Å². The Kier molecular flexibility index (Phi) is 4.47. The van der Waals surface area contributed by atoms with Crippen LogP contribution in [0.5, 0.6) is 0 Å². The van der Waals surface area contributed by atoms with E-state index in [-0.39, 0.29) is 17.9 Å². The lowest BCUT2D eigenvalue weighted by atomic mass is 10.1. The molecule has 0 aromatic heterocycles. The predicted molar refractivity (Wildman–Crippen MR) is 68.7 cm³/mol. The van der Waals surface area contributed by atoms with Gasteiger partial charge in [0.1, 0.15) is 11.6 Å². The summed E-state index contributed by atoms with van der Waals surface area (Å²) in [4.78, 5) is 13.5. The lowest BCUT2D eigenvalue weighted by Gasteiger charge is -2.21. The first-order valence-electron chi connectivity index (χ1n) is 6.48. The molecule has 1 amide bonds. The maximum Gasteiger partial charge on any atom is 0.227 e. The highest BCUT2D eigenvalue weighted by Gasteiger charge is 2.20. The van der Waals surface area contributed by atoms with Crippen LogP contribution in [0.25, 0.3) is 0 Å². The van der Waals surface area contributed by atoms with Crippen LogP contribution >= 0.6 is 0 Å². The molecule has 5 heteroatoms. The average Bonchev–Trinajstić information content (AvgIpc) is 2.86. The highest BCUT2D eigenvalue weighted by Crippen LogP contribution is 2.14. The van der Waals surface area contributed by atoms with Crippen molar-refractivity contribution in [2.75, 3.05) is 20.1 Å². The molecule has 2 rings (SSSR count). The van der Waals surface area contributed by atoms with Crippen molar-refractivity contribution in [2.24, 2.45) is 0 Å². The minimum atomic E-state index is -0.666. The minimum Gasteiger partial charge on any atom is -0.344 e. The largest absolute Gasteiger partial charge is 0.344 e. The van der Waals surface area contributed by atoms with E-state index in [0.717, 1.165) is 19.4 Å². The number of rotatable bonds is 4. The van der Waals surface area contributed by atoms with Crippen LogP contribution in [-0.4, -0.2) is 37.0 Å². The van der Waals surface area contributed by atoms with Gasteiger partial charge in [-0.05, 0) is 31.5 Å². The Morgan fingerprint density at radius 2 is 2.11 bits per heavy atom. The molecule has 19 heavy (non-hydrogen) atoms. The zero-order valence-electron chi connectivity index (χ0n) is 11.0. The van der Waals surface area contributed by atoms with Crippen LogP contribution < -0.4 is 5.32 Å². The Hall–Kier alpha value is -1.49. The number of carbonyl (C=O) groups excluding carboxylic acids is 1. The molecular weight excluding hydrogens is 250 g/mol. The molecule has 1 N–H and O–H groups in total. The van der Waals surface area contributed by atoms with Crippen LogP contribution in [0.4, 0.5) is 8.78 Å². The number of likely N-dealkylation sites (N-methyl/N-ethyl adjacent to an activating group) is 1. The van der Waals surface area contributed by atoms with Gasteiger partial charge in [0.15, 0.2) is 0 Å². The fraction of sp³-hybridized carbons (Fsp3) is 0.500. The van der Waals surface area contributed by atoms with Gasteiger partial charge in [0.2, 0.25) is 5.91 Å². The third kappa shape index (κ3) is 3.50. The minimum absolute atomic E-state index is 0.154. The van der Waals surface area contributed by atoms with Crippen LogP contribution in [0.1, 0.15) is 18.4 Å². The van der Waals surface area contributed by atoms with Crippen molar-refractivity contribution in [1.29, 1.82) is 0 Å². The molecule has 1 unspecified atom stereocenters. The van der Waals surface area contributed by atoms with Crippen molar-refractivity contribution < 1.29 is 13.6 Å². The SMILES string of the molecule is CN(CC1CCCN1)C(=O)Cc1c(F)cccc1F. The number of carbonyl (C=O) groups is 1. The maximum absolute atomic E-state index is 13.5. The first-order valence-corrected chi connectivity index (χ1v) is 6.48. The molecule has 1 saturated heterocycles. The molecule has 1 atom stereocenters. The number of nitrogens with zero attached hydrogens (tertiary/aromatic N) is 1. The summed E-state index contributed by atoms with van der Waals surface area (Å²) >= 11 is 0. The molecule has 0 bridgehead atoms. The summed E-state index contributed by atoms with van der Waals surface area (Å²) in [5, 5.41) is 3.29. The van der Waals surface area contributed by atoms with Crippen LogP contribution in [0.15, 0.2) is 18.2 Å². The Labute approximate surface area is 111 Å². The molecule has 104 valence electrons. The van der Waals surface area contributed by atoms with E-state index < -0.39 is 11.6 Å². The Morgan fingerprint density at radius 1 is 1.42 bits per heavy atom. The van der Waals surface area contributed by atoms with Crippen LogP contribution in [0, 0.1) is 11.6 Å². The average molecular weight is 268 g/mol. The van der Waals surface area contributed by atoms with E-state index in [4.69, 9.17) is 0 Å². The Balaban J connectivity index is 1.96. The van der Waals surface area contributed by atoms with Gasteiger partial charge in [-0.25, -0.2) is 8.78 Å². The monoisotopic (exact) mass is 268 g/mol. The molecule has 1 aromatic rings. The molecular formula is C14H18F2N2O. The van der Waals surface area contributed by atoms with E-state index in [0.29, 0.717) is 12.6 Å². The molecule has 0 radical (unpaired) electrons. The van der Waals surface area contributed by atoms with E-state index in [1.54, 1.807) is 7.05 Å². The fourth-order valence-corrected chi connectivity index (χ4v) is 2.33. The second-order valence-electron chi connectivity index (χ2n) is 4.94. The van der Waals surface area contributed by atoms with E-state index >= 15 is 0 Å². The lowest BCUT2D eigenvalue weighted by molar-refractivity contribution is -0.129. The van der Waals surface area contributed by atoms with E-state index in [2.05, 4.69) is 5.32 Å². The van der Waals surface area contributed by atoms with Crippen molar-refractivity contribution in [3.05, 3.63) is 35.4 Å². The van der Waals surface area contributed by atoms with Crippen molar-refractivity contribution in [3.8, 4) is 0 Å². The predicted octanol–water partition coefficient (Wildman–Crippen LogP) is 1.72. The summed E-state index contributed by atoms with van der Waals surface area (Å²) in [5.41, 5.74) is -0.154. The van der Waals surface area contributed by atoms with Gasteiger partial charge >= 0.3 is 0 Å². The van der Waals surface area contributed by atoms with Crippen molar-refractivity contribution >= 4 is 5.91 Å². The summed E-state index contributed by atoms with van der Waals surface area (Å²) in [6.45, 7) is 1.55. The third-order valence-electron chi connectivity index (χ3n) is 3.47. The van der Waals surface area contributed by atoms with Gasteiger partial charge in [0.25, 0.3) is 0 Å². The Morgan fingerprint density at radius 3 is 2.68 bits per heavy atom. The van der Waals surface area contributed by atoms with Gasteiger partial charge in [-0.15, -0.1) is 0 Å². The summed E-state index contributed by atoms with van der Waals surface area (Å²) in [5.74, 6) is -1.60. The second kappa shape index (κ2) is 6.10. The van der Waals surface area contributed by atoms with Crippen LogP contribution in [0.3, 0.4) is 0 Å². The number of amides is 1. The van der Waals surface area contributed by atoms with Gasteiger partial charge in [0, 0.05) is 25.2 Å². The van der Waals surface area contributed by atoms with Gasteiger partial charge in [-0.3, -0.25) is 4.79 Å². The number of hydrogen-bond acceptors (Lipinski definition) is 2. The summed E-state index contributed by atoms with van der Waals surface area (Å²) < 4.78 is 26.9. The van der Waals surface area contributed by atoms with E-state index in [9.17, 15) is 13.6 Å². The molecule has 1 fully saturated rings. The zero-order valence-corrected chi connectivity index (χ0v) is 11.0. The molecule has 1 aromatic carbocycles.